The smallest absolute Gasteiger partial charge is 0.216 e. The Labute approximate surface area is 218 Å². The molecule has 187 valence electrons. The predicted octanol–water partition coefficient (Wildman–Crippen LogP) is 8.20. The van der Waals surface area contributed by atoms with Crippen LogP contribution in [0.25, 0.3) is 22.4 Å². The van der Waals surface area contributed by atoms with E-state index in [4.69, 9.17) is 4.42 Å². The van der Waals surface area contributed by atoms with Gasteiger partial charge < -0.3 is 9.52 Å². The number of rotatable bonds is 4. The molecule has 4 nitrogen and oxygen atoms in total. The number of carbonyl (C=O) groups excluding carboxylic acids is 1. The molecule has 1 radical (unpaired) electrons. The van der Waals surface area contributed by atoms with Gasteiger partial charge in [0.05, 0.1) is 6.26 Å². The first-order valence-corrected chi connectivity index (χ1v) is 11.6. The minimum Gasteiger partial charge on any atom is -0.512 e. The van der Waals surface area contributed by atoms with Crippen molar-refractivity contribution in [3.63, 3.8) is 0 Å². The number of benzene rings is 1. The van der Waals surface area contributed by atoms with Crippen molar-refractivity contribution < 1.29 is 34.4 Å². The van der Waals surface area contributed by atoms with Gasteiger partial charge in [-0.05, 0) is 17.7 Å². The molecule has 0 bridgehead atoms. The second-order valence-corrected chi connectivity index (χ2v) is 10.7. The number of aliphatic hydroxyl groups is 1. The number of pyridine rings is 1. The number of allylic oxidation sites excluding steroid dienone is 2. The summed E-state index contributed by atoms with van der Waals surface area (Å²) >= 11 is 0. The van der Waals surface area contributed by atoms with E-state index in [0.717, 1.165) is 28.6 Å². The molecule has 0 fully saturated rings. The van der Waals surface area contributed by atoms with Crippen LogP contribution in [-0.2, 0) is 24.9 Å². The number of hydrogen-bond acceptors (Lipinski definition) is 4. The van der Waals surface area contributed by atoms with Crippen molar-refractivity contribution in [2.75, 3.05) is 0 Å². The van der Waals surface area contributed by atoms with E-state index >= 15 is 0 Å². The number of furan rings is 1. The summed E-state index contributed by atoms with van der Waals surface area (Å²) in [7, 11) is 0. The van der Waals surface area contributed by atoms with Crippen molar-refractivity contribution in [1.82, 2.24) is 4.98 Å². The van der Waals surface area contributed by atoms with Crippen LogP contribution in [0.1, 0.15) is 78.9 Å². The molecule has 1 aromatic carbocycles. The molecule has 0 aliphatic rings. The molecule has 0 amide bonds. The molecule has 1 atom stereocenters. The largest absolute Gasteiger partial charge is 0.512 e. The van der Waals surface area contributed by atoms with Crippen molar-refractivity contribution in [3.05, 3.63) is 65.6 Å². The Bertz CT molecular complexity index is 1130. The number of hydrogen-bond donors (Lipinski definition) is 1. The first-order chi connectivity index (χ1) is 15.2. The molecule has 0 saturated heterocycles. The van der Waals surface area contributed by atoms with Crippen LogP contribution < -0.4 is 0 Å². The Morgan fingerprint density at radius 3 is 2.32 bits per heavy atom. The summed E-state index contributed by atoms with van der Waals surface area (Å²) in [4.78, 5) is 16.1. The van der Waals surface area contributed by atoms with Gasteiger partial charge in [-0.25, -0.2) is 0 Å². The Kier molecular flexibility index (Phi) is 10.5. The second kappa shape index (κ2) is 11.9. The summed E-state index contributed by atoms with van der Waals surface area (Å²) in [5.74, 6) is 0.654. The zero-order valence-electron chi connectivity index (χ0n) is 21.9. The summed E-state index contributed by atoms with van der Waals surface area (Å²) in [6.07, 6.45) is 4.14. The topological polar surface area (TPSA) is 63.3 Å². The van der Waals surface area contributed by atoms with Gasteiger partial charge in [0, 0.05) is 42.4 Å². The Morgan fingerprint density at radius 1 is 1.12 bits per heavy atom. The number of aromatic nitrogens is 1. The molecule has 0 saturated carbocycles. The molecule has 1 unspecified atom stereocenters. The Balaban J connectivity index is 0.000000364. The average Bonchev–Trinajstić information content (AvgIpc) is 3.19. The van der Waals surface area contributed by atoms with Crippen LogP contribution in [0.4, 0.5) is 0 Å². The molecule has 2 aromatic heterocycles. The first kappa shape index (κ1) is 29.8. The van der Waals surface area contributed by atoms with Crippen LogP contribution in [0.15, 0.2) is 52.8 Å². The number of aliphatic hydroxyl groups excluding tert-OH is 1. The van der Waals surface area contributed by atoms with Crippen molar-refractivity contribution in [2.24, 2.45) is 10.8 Å². The predicted molar refractivity (Wildman–Crippen MR) is 136 cm³/mol. The van der Waals surface area contributed by atoms with Crippen LogP contribution in [0.5, 0.6) is 0 Å². The first-order valence-electron chi connectivity index (χ1n) is 11.6. The molecular formula is C29H38IrNO3-. The van der Waals surface area contributed by atoms with E-state index in [1.165, 1.54) is 11.6 Å². The van der Waals surface area contributed by atoms with Crippen molar-refractivity contribution in [1.29, 1.82) is 0 Å². The molecule has 1 N–H and O–H groups in total. The van der Waals surface area contributed by atoms with E-state index < -0.39 is 5.41 Å². The maximum Gasteiger partial charge on any atom is 0.216 e. The standard InChI is InChI=1S/C18H18NO.C11H20O2.Ir/c1-4-13(3)15-9-12(2)10-16(11-15)17-6-5-14-7-8-20-18(14)19-17;1-10(2,3)8(12)7-9(13)11(4,5)6;/h5-9,11,13H,4H2,1-3H3;7,12H,1-6H3;/q-1;;/b;8-7-;. The summed E-state index contributed by atoms with van der Waals surface area (Å²) in [5, 5.41) is 10.6. The van der Waals surface area contributed by atoms with Gasteiger partial charge in [-0.2, -0.15) is 0 Å². The fraction of sp³-hybridized carbons (Fsp3) is 0.448. The summed E-state index contributed by atoms with van der Waals surface area (Å²) in [5.41, 5.74) is 4.38. The fourth-order valence-corrected chi connectivity index (χ4v) is 2.95. The summed E-state index contributed by atoms with van der Waals surface area (Å²) in [6.45, 7) is 17.7. The number of aryl methyl sites for hydroxylation is 1. The minimum absolute atomic E-state index is 0. The Hall–Kier alpha value is -2.23. The molecule has 5 heteroatoms. The molecule has 3 rings (SSSR count). The van der Waals surface area contributed by atoms with Crippen LogP contribution in [0.2, 0.25) is 0 Å². The second-order valence-electron chi connectivity index (χ2n) is 10.7. The fourth-order valence-electron chi connectivity index (χ4n) is 2.95. The SMILES string of the molecule is CC(C)(C)C(=O)/C=C(\O)C(C)(C)C.CCC(C)c1cc(C)[c-]c(-c2ccc3ccoc3n2)c1.[Ir]. The van der Waals surface area contributed by atoms with Crippen LogP contribution in [-0.4, -0.2) is 15.9 Å². The third-order valence-corrected chi connectivity index (χ3v) is 5.58. The quantitative estimate of drug-likeness (QED) is 0.177. The molecule has 0 aliphatic heterocycles. The van der Waals surface area contributed by atoms with Crippen molar-refractivity contribution in [3.8, 4) is 11.3 Å². The van der Waals surface area contributed by atoms with Gasteiger partial charge >= 0.3 is 0 Å². The minimum atomic E-state index is -0.417. The number of carbonyl (C=O) groups is 1. The molecular weight excluding hydrogens is 603 g/mol. The zero-order valence-corrected chi connectivity index (χ0v) is 24.3. The van der Waals surface area contributed by atoms with Crippen LogP contribution in [0, 0.1) is 23.8 Å². The van der Waals surface area contributed by atoms with Crippen LogP contribution >= 0.6 is 0 Å². The summed E-state index contributed by atoms with van der Waals surface area (Å²) in [6, 6.07) is 13.8. The van der Waals surface area contributed by atoms with Crippen LogP contribution in [0.3, 0.4) is 0 Å². The van der Waals surface area contributed by atoms with Gasteiger partial charge in [0.2, 0.25) is 5.71 Å². The monoisotopic (exact) mass is 641 g/mol. The van der Waals surface area contributed by atoms with Gasteiger partial charge in [-0.3, -0.25) is 9.78 Å². The molecule has 3 aromatic rings. The van der Waals surface area contributed by atoms with E-state index in [2.05, 4.69) is 44.0 Å². The van der Waals surface area contributed by atoms with E-state index in [0.29, 0.717) is 11.6 Å². The third kappa shape index (κ3) is 8.21. The third-order valence-electron chi connectivity index (χ3n) is 5.58. The molecule has 34 heavy (non-hydrogen) atoms. The van der Waals surface area contributed by atoms with Crippen molar-refractivity contribution >= 4 is 16.9 Å². The molecule has 0 aliphatic carbocycles. The van der Waals surface area contributed by atoms with Gasteiger partial charge in [-0.1, -0.05) is 80.9 Å². The maximum atomic E-state index is 11.5. The van der Waals surface area contributed by atoms with E-state index in [1.807, 2.05) is 59.7 Å². The van der Waals surface area contributed by atoms with Crippen molar-refractivity contribution in [2.45, 2.75) is 74.7 Å². The van der Waals surface area contributed by atoms with Gasteiger partial charge in [0.1, 0.15) is 5.76 Å². The van der Waals surface area contributed by atoms with E-state index in [1.54, 1.807) is 6.26 Å². The average molecular weight is 641 g/mol. The number of fused-ring (bicyclic) bond motifs is 1. The number of ketones is 1. The Morgan fingerprint density at radius 2 is 1.76 bits per heavy atom. The normalized spacial score (nSPS) is 13.0. The zero-order chi connectivity index (χ0) is 25.0. The van der Waals surface area contributed by atoms with E-state index in [9.17, 15) is 9.90 Å². The molecule has 0 spiro atoms. The number of nitrogens with zero attached hydrogens (tertiary/aromatic N) is 1. The molecule has 2 heterocycles. The maximum absolute atomic E-state index is 11.5. The van der Waals surface area contributed by atoms with Gasteiger partial charge in [-0.15, -0.1) is 34.9 Å². The van der Waals surface area contributed by atoms with E-state index in [-0.39, 0.29) is 37.1 Å². The van der Waals surface area contributed by atoms with Gasteiger partial charge in [0.25, 0.3) is 0 Å². The van der Waals surface area contributed by atoms with Gasteiger partial charge in [0.15, 0.2) is 5.78 Å². The summed E-state index contributed by atoms with van der Waals surface area (Å²) < 4.78 is 5.38.